The molecule has 110 valence electrons. The lowest BCUT2D eigenvalue weighted by Crippen LogP contribution is -2.28. The van der Waals surface area contributed by atoms with Crippen molar-refractivity contribution in [3.8, 4) is 5.75 Å². The van der Waals surface area contributed by atoms with E-state index in [1.54, 1.807) is 30.3 Å². The molecule has 7 heteroatoms. The van der Waals surface area contributed by atoms with Crippen LogP contribution in [0.25, 0.3) is 10.9 Å². The van der Waals surface area contributed by atoms with Gasteiger partial charge in [0.15, 0.2) is 11.6 Å². The first-order valence-corrected chi connectivity index (χ1v) is 6.53. The van der Waals surface area contributed by atoms with Crippen LogP contribution in [0.3, 0.4) is 0 Å². The lowest BCUT2D eigenvalue weighted by atomic mass is 10.2. The Labute approximate surface area is 124 Å². The van der Waals surface area contributed by atoms with Crippen LogP contribution >= 0.6 is 0 Å². The molecule has 0 bridgehead atoms. The zero-order chi connectivity index (χ0) is 15.5. The topological polar surface area (TPSA) is 97.1 Å². The Kier molecular flexibility index (Phi) is 3.53. The maximum absolute atomic E-state index is 12.3. The number of anilines is 1. The van der Waals surface area contributed by atoms with Crippen LogP contribution in [-0.4, -0.2) is 25.5 Å². The summed E-state index contributed by atoms with van der Waals surface area (Å²) in [5.74, 6) is -0.567. The highest BCUT2D eigenvalue weighted by Crippen LogP contribution is 2.17. The van der Waals surface area contributed by atoms with Crippen molar-refractivity contribution in [3.05, 3.63) is 59.3 Å². The number of pyridine rings is 1. The SMILES string of the molecule is O=C(Cn1cnc2ccccc2c1=O)Nc1ncccc1O. The number of amides is 1. The molecule has 0 fully saturated rings. The largest absolute Gasteiger partial charge is 0.504 e. The minimum absolute atomic E-state index is 0.0503. The van der Waals surface area contributed by atoms with Gasteiger partial charge in [0.1, 0.15) is 6.54 Å². The summed E-state index contributed by atoms with van der Waals surface area (Å²) in [6, 6.07) is 9.86. The van der Waals surface area contributed by atoms with Gasteiger partial charge in [0.25, 0.3) is 5.56 Å². The van der Waals surface area contributed by atoms with Crippen LogP contribution in [0.1, 0.15) is 0 Å². The Hall–Kier alpha value is -3.22. The van der Waals surface area contributed by atoms with E-state index < -0.39 is 5.91 Å². The quantitative estimate of drug-likeness (QED) is 0.755. The van der Waals surface area contributed by atoms with Gasteiger partial charge in [-0.2, -0.15) is 0 Å². The molecule has 1 amide bonds. The van der Waals surface area contributed by atoms with Gasteiger partial charge in [0.05, 0.1) is 17.2 Å². The lowest BCUT2D eigenvalue weighted by Gasteiger charge is -2.08. The Bertz CT molecular complexity index is 904. The molecule has 1 aromatic carbocycles. The number of para-hydroxylation sites is 1. The van der Waals surface area contributed by atoms with Gasteiger partial charge in [-0.05, 0) is 24.3 Å². The van der Waals surface area contributed by atoms with Crippen molar-refractivity contribution in [2.75, 3.05) is 5.32 Å². The molecule has 0 saturated heterocycles. The Balaban J connectivity index is 1.84. The molecule has 3 aromatic rings. The first-order valence-electron chi connectivity index (χ1n) is 6.53. The van der Waals surface area contributed by atoms with Gasteiger partial charge >= 0.3 is 0 Å². The molecule has 0 saturated carbocycles. The summed E-state index contributed by atoms with van der Waals surface area (Å²) in [7, 11) is 0. The molecule has 0 aliphatic carbocycles. The summed E-state index contributed by atoms with van der Waals surface area (Å²) in [6.45, 7) is -0.216. The van der Waals surface area contributed by atoms with E-state index in [4.69, 9.17) is 0 Å². The van der Waals surface area contributed by atoms with Gasteiger partial charge in [-0.3, -0.25) is 14.2 Å². The molecule has 22 heavy (non-hydrogen) atoms. The number of nitrogens with one attached hydrogen (secondary N) is 1. The number of nitrogens with zero attached hydrogens (tertiary/aromatic N) is 3. The summed E-state index contributed by atoms with van der Waals surface area (Å²) in [6.07, 6.45) is 2.77. The molecule has 0 radical (unpaired) electrons. The summed E-state index contributed by atoms with van der Waals surface area (Å²) >= 11 is 0. The van der Waals surface area contributed by atoms with E-state index in [2.05, 4.69) is 15.3 Å². The highest BCUT2D eigenvalue weighted by atomic mass is 16.3. The normalized spacial score (nSPS) is 10.5. The zero-order valence-corrected chi connectivity index (χ0v) is 11.4. The van der Waals surface area contributed by atoms with Crippen LogP contribution in [0.2, 0.25) is 0 Å². The molecule has 3 rings (SSSR count). The number of carbonyl (C=O) groups is 1. The van der Waals surface area contributed by atoms with Gasteiger partial charge in [-0.25, -0.2) is 9.97 Å². The van der Waals surface area contributed by atoms with E-state index in [-0.39, 0.29) is 23.7 Å². The average molecular weight is 296 g/mol. The van der Waals surface area contributed by atoms with Gasteiger partial charge < -0.3 is 10.4 Å². The van der Waals surface area contributed by atoms with E-state index in [0.717, 1.165) is 0 Å². The predicted octanol–water partition coefficient (Wildman–Crippen LogP) is 1.14. The van der Waals surface area contributed by atoms with Crippen LogP contribution in [0.5, 0.6) is 5.75 Å². The first-order chi connectivity index (χ1) is 10.6. The minimum Gasteiger partial charge on any atom is -0.504 e. The van der Waals surface area contributed by atoms with Crippen LogP contribution < -0.4 is 10.9 Å². The van der Waals surface area contributed by atoms with Crippen molar-refractivity contribution in [1.29, 1.82) is 0 Å². The van der Waals surface area contributed by atoms with Crippen molar-refractivity contribution >= 4 is 22.6 Å². The van der Waals surface area contributed by atoms with Gasteiger partial charge in [-0.15, -0.1) is 0 Å². The standard InChI is InChI=1S/C15H12N4O3/c20-12-6-3-7-16-14(12)18-13(21)8-19-9-17-11-5-2-1-4-10(11)15(19)22/h1-7,9,20H,8H2,(H,16,18,21). The average Bonchev–Trinajstić information content (AvgIpc) is 2.53. The molecule has 0 aliphatic rings. The van der Waals surface area contributed by atoms with E-state index in [1.807, 2.05) is 0 Å². The molecule has 0 atom stereocenters. The fourth-order valence-electron chi connectivity index (χ4n) is 2.04. The summed E-state index contributed by atoms with van der Waals surface area (Å²) in [4.78, 5) is 32.2. The zero-order valence-electron chi connectivity index (χ0n) is 11.4. The van der Waals surface area contributed by atoms with Gasteiger partial charge in [-0.1, -0.05) is 12.1 Å². The summed E-state index contributed by atoms with van der Waals surface area (Å²) in [5, 5.41) is 12.5. The van der Waals surface area contributed by atoms with Crippen LogP contribution in [0.15, 0.2) is 53.7 Å². The van der Waals surface area contributed by atoms with Crippen LogP contribution in [0.4, 0.5) is 5.82 Å². The van der Waals surface area contributed by atoms with Gasteiger partial charge in [0.2, 0.25) is 5.91 Å². The summed E-state index contributed by atoms with van der Waals surface area (Å²) < 4.78 is 1.21. The molecule has 0 unspecified atom stereocenters. The Morgan fingerprint density at radius 2 is 2.00 bits per heavy atom. The number of carbonyl (C=O) groups excluding carboxylic acids is 1. The third kappa shape index (κ3) is 2.64. The molecular weight excluding hydrogens is 284 g/mol. The maximum atomic E-state index is 12.3. The smallest absolute Gasteiger partial charge is 0.261 e. The van der Waals surface area contributed by atoms with E-state index in [9.17, 15) is 14.7 Å². The molecular formula is C15H12N4O3. The predicted molar refractivity (Wildman–Crippen MR) is 80.5 cm³/mol. The van der Waals surface area contributed by atoms with Gasteiger partial charge in [0, 0.05) is 6.20 Å². The number of hydrogen-bond acceptors (Lipinski definition) is 5. The van der Waals surface area contributed by atoms with Crippen LogP contribution in [0, 0.1) is 0 Å². The molecule has 7 nitrogen and oxygen atoms in total. The summed E-state index contributed by atoms with van der Waals surface area (Å²) in [5.41, 5.74) is 0.275. The molecule has 0 aliphatic heterocycles. The number of aromatic hydroxyl groups is 1. The van der Waals surface area contributed by atoms with Crippen molar-refractivity contribution in [2.24, 2.45) is 0 Å². The van der Waals surface area contributed by atoms with E-state index in [1.165, 1.54) is 23.2 Å². The number of benzene rings is 1. The lowest BCUT2D eigenvalue weighted by molar-refractivity contribution is -0.116. The third-order valence-corrected chi connectivity index (χ3v) is 3.09. The van der Waals surface area contributed by atoms with E-state index >= 15 is 0 Å². The second-order valence-electron chi connectivity index (χ2n) is 4.61. The monoisotopic (exact) mass is 296 g/mol. The fraction of sp³-hybridized carbons (Fsp3) is 0.0667. The highest BCUT2D eigenvalue weighted by Gasteiger charge is 2.10. The Morgan fingerprint density at radius 1 is 1.18 bits per heavy atom. The minimum atomic E-state index is -0.479. The third-order valence-electron chi connectivity index (χ3n) is 3.09. The van der Waals surface area contributed by atoms with Crippen molar-refractivity contribution in [2.45, 2.75) is 6.54 Å². The molecule has 2 aromatic heterocycles. The molecule has 2 heterocycles. The molecule has 0 spiro atoms. The second-order valence-corrected chi connectivity index (χ2v) is 4.61. The van der Waals surface area contributed by atoms with Crippen molar-refractivity contribution in [3.63, 3.8) is 0 Å². The van der Waals surface area contributed by atoms with Crippen molar-refractivity contribution < 1.29 is 9.90 Å². The Morgan fingerprint density at radius 3 is 2.82 bits per heavy atom. The maximum Gasteiger partial charge on any atom is 0.261 e. The second kappa shape index (κ2) is 5.65. The number of hydrogen-bond donors (Lipinski definition) is 2. The fourth-order valence-corrected chi connectivity index (χ4v) is 2.04. The number of rotatable bonds is 3. The number of fused-ring (bicyclic) bond motifs is 1. The highest BCUT2D eigenvalue weighted by molar-refractivity contribution is 5.91. The van der Waals surface area contributed by atoms with E-state index in [0.29, 0.717) is 10.9 Å². The van der Waals surface area contributed by atoms with Crippen molar-refractivity contribution in [1.82, 2.24) is 14.5 Å². The first kappa shape index (κ1) is 13.7. The van der Waals surface area contributed by atoms with Crippen LogP contribution in [-0.2, 0) is 11.3 Å². The number of aromatic nitrogens is 3. The molecule has 2 N–H and O–H groups in total.